The number of rotatable bonds is 3. The summed E-state index contributed by atoms with van der Waals surface area (Å²) in [6.45, 7) is 3.07. The predicted octanol–water partition coefficient (Wildman–Crippen LogP) is 3.45. The maximum Gasteiger partial charge on any atom is 0.0631 e. The van der Waals surface area contributed by atoms with Crippen molar-refractivity contribution in [2.24, 2.45) is 0 Å². The Kier molecular flexibility index (Phi) is 2.83. The van der Waals surface area contributed by atoms with E-state index >= 15 is 0 Å². The van der Waals surface area contributed by atoms with Gasteiger partial charge in [0.2, 0.25) is 0 Å². The summed E-state index contributed by atoms with van der Waals surface area (Å²) in [5, 5.41) is 9.28. The Balaban J connectivity index is 1.61. The van der Waals surface area contributed by atoms with Crippen LogP contribution in [0.15, 0.2) is 54.6 Å². The van der Waals surface area contributed by atoms with Gasteiger partial charge in [-0.15, -0.1) is 0 Å². The zero-order valence-electron chi connectivity index (χ0n) is 12.0. The molecule has 1 aliphatic carbocycles. The van der Waals surface area contributed by atoms with Crippen LogP contribution in [0.1, 0.15) is 29.0 Å². The average molecular weight is 274 g/mol. The number of nitrogens with zero attached hydrogens (tertiary/aromatic N) is 2. The van der Waals surface area contributed by atoms with Crippen LogP contribution < -0.4 is 0 Å². The van der Waals surface area contributed by atoms with Crippen LogP contribution in [0, 0.1) is 11.3 Å². The van der Waals surface area contributed by atoms with Gasteiger partial charge in [0.1, 0.15) is 0 Å². The highest BCUT2D eigenvalue weighted by Crippen LogP contribution is 2.57. The fourth-order valence-electron chi connectivity index (χ4n) is 4.23. The second kappa shape index (κ2) is 4.72. The van der Waals surface area contributed by atoms with Crippen molar-refractivity contribution in [2.75, 3.05) is 13.1 Å². The summed E-state index contributed by atoms with van der Waals surface area (Å²) in [6, 6.07) is 21.7. The van der Waals surface area contributed by atoms with E-state index in [1.54, 1.807) is 0 Å². The molecule has 0 spiro atoms. The highest BCUT2D eigenvalue weighted by Gasteiger charge is 2.56. The molecule has 1 aliphatic heterocycles. The Hall–Kier alpha value is -2.11. The first-order valence-corrected chi connectivity index (χ1v) is 7.56. The van der Waals surface area contributed by atoms with Crippen LogP contribution in [0.5, 0.6) is 0 Å². The molecule has 1 heterocycles. The highest BCUT2D eigenvalue weighted by atomic mass is 15.2. The molecule has 0 aromatic heterocycles. The molecular weight excluding hydrogens is 256 g/mol. The summed E-state index contributed by atoms with van der Waals surface area (Å²) in [5.74, 6) is 0.539. The lowest BCUT2D eigenvalue weighted by molar-refractivity contribution is 0.299. The Morgan fingerprint density at radius 1 is 1.10 bits per heavy atom. The monoisotopic (exact) mass is 274 g/mol. The molecule has 1 fully saturated rings. The van der Waals surface area contributed by atoms with E-state index in [4.69, 9.17) is 0 Å². The number of hydrogen-bond donors (Lipinski definition) is 0. The van der Waals surface area contributed by atoms with E-state index in [0.29, 0.717) is 12.3 Å². The Morgan fingerprint density at radius 2 is 1.86 bits per heavy atom. The Labute approximate surface area is 125 Å². The molecule has 21 heavy (non-hydrogen) atoms. The van der Waals surface area contributed by atoms with Gasteiger partial charge in [-0.05, 0) is 16.7 Å². The van der Waals surface area contributed by atoms with Crippen molar-refractivity contribution in [3.05, 3.63) is 71.3 Å². The lowest BCUT2D eigenvalue weighted by Gasteiger charge is -2.45. The Morgan fingerprint density at radius 3 is 2.67 bits per heavy atom. The molecule has 0 N–H and O–H groups in total. The summed E-state index contributed by atoms with van der Waals surface area (Å²) >= 11 is 0. The highest BCUT2D eigenvalue weighted by molar-refractivity contribution is 5.53. The third-order valence-electron chi connectivity index (χ3n) is 5.13. The standard InChI is InChI=1S/C19H18N2/c20-11-10-19-14-21(12-15-6-2-1-3-7-15)13-18(19)16-8-4-5-9-17(16)19/h1-9,18H,10,12-14H2/t18-,19+/m0/s1. The summed E-state index contributed by atoms with van der Waals surface area (Å²) < 4.78 is 0. The van der Waals surface area contributed by atoms with E-state index in [-0.39, 0.29) is 5.41 Å². The molecule has 2 aliphatic rings. The number of likely N-dealkylation sites (tertiary alicyclic amines) is 1. The zero-order chi connectivity index (χ0) is 14.3. The number of nitriles is 1. The number of benzene rings is 2. The van der Waals surface area contributed by atoms with Gasteiger partial charge in [-0.1, -0.05) is 54.6 Å². The van der Waals surface area contributed by atoms with E-state index in [1.165, 1.54) is 16.7 Å². The van der Waals surface area contributed by atoms with Gasteiger partial charge in [-0.3, -0.25) is 4.90 Å². The normalized spacial score (nSPS) is 26.5. The van der Waals surface area contributed by atoms with Gasteiger partial charge in [0.05, 0.1) is 6.07 Å². The van der Waals surface area contributed by atoms with Crippen LogP contribution in [0.2, 0.25) is 0 Å². The third-order valence-corrected chi connectivity index (χ3v) is 5.13. The molecule has 4 rings (SSSR count). The summed E-state index contributed by atoms with van der Waals surface area (Å²) in [7, 11) is 0. The van der Waals surface area contributed by atoms with Crippen LogP contribution in [0.4, 0.5) is 0 Å². The third kappa shape index (κ3) is 1.81. The van der Waals surface area contributed by atoms with Crippen LogP contribution in [-0.4, -0.2) is 18.0 Å². The first kappa shape index (κ1) is 12.6. The van der Waals surface area contributed by atoms with Crippen LogP contribution in [0.25, 0.3) is 0 Å². The predicted molar refractivity (Wildman–Crippen MR) is 82.8 cm³/mol. The number of hydrogen-bond acceptors (Lipinski definition) is 2. The van der Waals surface area contributed by atoms with Crippen molar-refractivity contribution in [3.63, 3.8) is 0 Å². The molecule has 2 atom stereocenters. The van der Waals surface area contributed by atoms with E-state index < -0.39 is 0 Å². The molecule has 2 aromatic carbocycles. The molecule has 2 aromatic rings. The van der Waals surface area contributed by atoms with Crippen molar-refractivity contribution in [1.29, 1.82) is 5.26 Å². The van der Waals surface area contributed by atoms with Gasteiger partial charge in [0.15, 0.2) is 0 Å². The van der Waals surface area contributed by atoms with Gasteiger partial charge in [-0.25, -0.2) is 0 Å². The van der Waals surface area contributed by atoms with Gasteiger partial charge < -0.3 is 0 Å². The van der Waals surface area contributed by atoms with Crippen molar-refractivity contribution >= 4 is 0 Å². The average Bonchev–Trinajstić information content (AvgIpc) is 2.82. The van der Waals surface area contributed by atoms with Gasteiger partial charge >= 0.3 is 0 Å². The molecule has 0 unspecified atom stereocenters. The lowest BCUT2D eigenvalue weighted by Crippen LogP contribution is -2.43. The van der Waals surface area contributed by atoms with E-state index in [1.807, 2.05) is 0 Å². The maximum atomic E-state index is 9.28. The molecule has 0 bridgehead atoms. The molecule has 1 saturated heterocycles. The lowest BCUT2D eigenvalue weighted by atomic mass is 9.56. The van der Waals surface area contributed by atoms with E-state index in [9.17, 15) is 5.26 Å². The molecule has 0 radical (unpaired) electrons. The largest absolute Gasteiger partial charge is 0.297 e. The van der Waals surface area contributed by atoms with Crippen LogP contribution >= 0.6 is 0 Å². The quantitative estimate of drug-likeness (QED) is 0.857. The second-order valence-corrected chi connectivity index (χ2v) is 6.29. The van der Waals surface area contributed by atoms with E-state index in [0.717, 1.165) is 19.6 Å². The smallest absolute Gasteiger partial charge is 0.0631 e. The molecule has 2 nitrogen and oxygen atoms in total. The van der Waals surface area contributed by atoms with E-state index in [2.05, 4.69) is 65.6 Å². The molecule has 0 saturated carbocycles. The minimum absolute atomic E-state index is 0.0835. The fourth-order valence-corrected chi connectivity index (χ4v) is 4.23. The fraction of sp³-hybridized carbons (Fsp3) is 0.316. The first-order chi connectivity index (χ1) is 10.3. The van der Waals surface area contributed by atoms with Crippen molar-refractivity contribution in [3.8, 4) is 6.07 Å². The molecule has 2 heteroatoms. The molecular formula is C19H18N2. The molecule has 104 valence electrons. The second-order valence-electron chi connectivity index (χ2n) is 6.29. The summed E-state index contributed by atoms with van der Waals surface area (Å²) in [5.41, 5.74) is 4.31. The van der Waals surface area contributed by atoms with Gasteiger partial charge in [0.25, 0.3) is 0 Å². The minimum atomic E-state index is 0.0835. The minimum Gasteiger partial charge on any atom is -0.297 e. The summed E-state index contributed by atoms with van der Waals surface area (Å²) in [6.07, 6.45) is 0.639. The maximum absolute atomic E-state index is 9.28. The van der Waals surface area contributed by atoms with Crippen LogP contribution in [0.3, 0.4) is 0 Å². The summed E-state index contributed by atoms with van der Waals surface area (Å²) in [4.78, 5) is 2.51. The van der Waals surface area contributed by atoms with Crippen LogP contribution in [-0.2, 0) is 12.0 Å². The van der Waals surface area contributed by atoms with Crippen molar-refractivity contribution in [1.82, 2.24) is 4.90 Å². The Bertz CT molecular complexity index is 701. The topological polar surface area (TPSA) is 27.0 Å². The number of fused-ring (bicyclic) bond motifs is 4. The van der Waals surface area contributed by atoms with Crippen molar-refractivity contribution in [2.45, 2.75) is 24.3 Å². The van der Waals surface area contributed by atoms with Gasteiger partial charge in [0, 0.05) is 37.4 Å². The zero-order valence-corrected chi connectivity index (χ0v) is 12.0. The SMILES string of the molecule is N#CC[C@]12CN(Cc3ccccc3)C[C@H]1c1ccccc12. The molecule has 0 amide bonds. The first-order valence-electron chi connectivity index (χ1n) is 7.56. The van der Waals surface area contributed by atoms with Crippen molar-refractivity contribution < 1.29 is 0 Å². The van der Waals surface area contributed by atoms with Gasteiger partial charge in [-0.2, -0.15) is 5.26 Å².